The van der Waals surface area contributed by atoms with E-state index in [0.29, 0.717) is 41.6 Å². The normalized spacial score (nSPS) is 10.8. The number of nitrogens with one attached hydrogen (secondary N) is 2. The predicted molar refractivity (Wildman–Crippen MR) is 114 cm³/mol. The number of aromatic nitrogens is 4. The Bertz CT molecular complexity index is 1190. The van der Waals surface area contributed by atoms with Gasteiger partial charge in [0.1, 0.15) is 17.8 Å². The highest BCUT2D eigenvalue weighted by Crippen LogP contribution is 2.38. The molecule has 0 spiro atoms. The molecule has 31 heavy (non-hydrogen) atoms. The Balaban J connectivity index is 1.49. The highest BCUT2D eigenvalue weighted by atomic mass is 19.1. The van der Waals surface area contributed by atoms with Gasteiger partial charge in [-0.2, -0.15) is 4.39 Å². The Labute approximate surface area is 178 Å². The molecule has 1 aromatic carbocycles. The summed E-state index contributed by atoms with van der Waals surface area (Å²) in [7, 11) is 4.67. The van der Waals surface area contributed by atoms with Gasteiger partial charge in [-0.3, -0.25) is 0 Å². The van der Waals surface area contributed by atoms with Crippen LogP contribution in [0.15, 0.2) is 43.0 Å². The Hall–Kier alpha value is -3.88. The van der Waals surface area contributed by atoms with Gasteiger partial charge in [0.15, 0.2) is 11.5 Å². The van der Waals surface area contributed by atoms with Crippen molar-refractivity contribution in [2.75, 3.05) is 26.6 Å². The molecule has 3 aromatic heterocycles. The summed E-state index contributed by atoms with van der Waals surface area (Å²) in [6.45, 7) is 0.405. The van der Waals surface area contributed by atoms with Crippen molar-refractivity contribution < 1.29 is 18.6 Å². The second kappa shape index (κ2) is 8.86. The molecule has 0 aliphatic rings. The van der Waals surface area contributed by atoms with E-state index < -0.39 is 5.95 Å². The predicted octanol–water partition coefficient (Wildman–Crippen LogP) is 3.72. The minimum Gasteiger partial charge on any atom is -0.493 e. The van der Waals surface area contributed by atoms with Crippen LogP contribution in [0, 0.1) is 5.95 Å². The summed E-state index contributed by atoms with van der Waals surface area (Å²) in [6.07, 6.45) is 5.39. The van der Waals surface area contributed by atoms with Gasteiger partial charge in [0, 0.05) is 36.3 Å². The molecular weight excluding hydrogens is 401 g/mol. The van der Waals surface area contributed by atoms with Gasteiger partial charge >= 0.3 is 0 Å². The fraction of sp³-hybridized carbons (Fsp3) is 0.227. The van der Waals surface area contributed by atoms with Crippen LogP contribution in [0.3, 0.4) is 0 Å². The van der Waals surface area contributed by atoms with Gasteiger partial charge in [-0.1, -0.05) is 6.07 Å². The number of methoxy groups -OCH3 is 3. The first-order chi connectivity index (χ1) is 15.1. The van der Waals surface area contributed by atoms with Gasteiger partial charge in [0.05, 0.1) is 21.3 Å². The molecule has 0 amide bonds. The molecule has 9 heteroatoms. The van der Waals surface area contributed by atoms with Crippen LogP contribution in [0.5, 0.6) is 17.2 Å². The molecule has 0 saturated heterocycles. The minimum atomic E-state index is -0.527. The van der Waals surface area contributed by atoms with Crippen molar-refractivity contribution in [3.8, 4) is 17.2 Å². The van der Waals surface area contributed by atoms with E-state index in [9.17, 15) is 4.39 Å². The lowest BCUT2D eigenvalue weighted by Gasteiger charge is -2.14. The van der Waals surface area contributed by atoms with Crippen LogP contribution in [-0.2, 0) is 13.0 Å². The molecule has 4 aromatic rings. The average Bonchev–Trinajstić information content (AvgIpc) is 3.21. The topological polar surface area (TPSA) is 94.2 Å². The summed E-state index contributed by atoms with van der Waals surface area (Å²) < 4.78 is 30.7. The van der Waals surface area contributed by atoms with Crippen molar-refractivity contribution in [3.63, 3.8) is 0 Å². The number of fused-ring (bicyclic) bond motifs is 1. The van der Waals surface area contributed by atoms with Crippen LogP contribution in [0.1, 0.15) is 16.7 Å². The molecule has 160 valence electrons. The number of aromatic amines is 1. The van der Waals surface area contributed by atoms with Gasteiger partial charge in [0.25, 0.3) is 0 Å². The number of hydrogen-bond donors (Lipinski definition) is 2. The van der Waals surface area contributed by atoms with Crippen LogP contribution < -0.4 is 19.5 Å². The highest BCUT2D eigenvalue weighted by molar-refractivity contribution is 5.78. The maximum absolute atomic E-state index is 14.7. The Kier molecular flexibility index (Phi) is 5.83. The number of halogens is 1. The number of rotatable bonds is 8. The van der Waals surface area contributed by atoms with Crippen molar-refractivity contribution in [2.45, 2.75) is 13.0 Å². The van der Waals surface area contributed by atoms with E-state index in [0.717, 1.165) is 22.2 Å². The fourth-order valence-electron chi connectivity index (χ4n) is 3.39. The van der Waals surface area contributed by atoms with E-state index in [1.807, 2.05) is 18.3 Å². The van der Waals surface area contributed by atoms with Crippen molar-refractivity contribution in [1.29, 1.82) is 0 Å². The van der Waals surface area contributed by atoms with Crippen molar-refractivity contribution in [2.24, 2.45) is 0 Å². The first-order valence-corrected chi connectivity index (χ1v) is 9.57. The van der Waals surface area contributed by atoms with Gasteiger partial charge < -0.3 is 24.5 Å². The Morgan fingerprint density at radius 3 is 2.48 bits per heavy atom. The zero-order chi connectivity index (χ0) is 21.8. The van der Waals surface area contributed by atoms with E-state index in [1.54, 1.807) is 39.7 Å². The number of pyridine rings is 1. The maximum Gasteiger partial charge on any atom is 0.218 e. The zero-order valence-corrected chi connectivity index (χ0v) is 17.4. The number of nitrogens with zero attached hydrogens (tertiary/aromatic N) is 3. The van der Waals surface area contributed by atoms with Crippen LogP contribution in [-0.4, -0.2) is 41.3 Å². The summed E-state index contributed by atoms with van der Waals surface area (Å²) in [6, 6.07) is 7.14. The molecule has 8 nitrogen and oxygen atoms in total. The fourth-order valence-corrected chi connectivity index (χ4v) is 3.39. The van der Waals surface area contributed by atoms with Gasteiger partial charge in [0.2, 0.25) is 11.7 Å². The van der Waals surface area contributed by atoms with E-state index >= 15 is 0 Å². The molecule has 3 heterocycles. The molecule has 0 saturated carbocycles. The Morgan fingerprint density at radius 1 is 1.03 bits per heavy atom. The molecule has 0 bridgehead atoms. The smallest absolute Gasteiger partial charge is 0.218 e. The monoisotopic (exact) mass is 423 g/mol. The molecule has 0 aliphatic carbocycles. The molecular formula is C22H22FN5O3. The summed E-state index contributed by atoms with van der Waals surface area (Å²) >= 11 is 0. The number of anilines is 1. The van der Waals surface area contributed by atoms with Gasteiger partial charge in [-0.15, -0.1) is 0 Å². The third kappa shape index (κ3) is 4.20. The van der Waals surface area contributed by atoms with E-state index in [-0.39, 0.29) is 0 Å². The molecule has 0 atom stereocenters. The lowest BCUT2D eigenvalue weighted by Crippen LogP contribution is -2.05. The summed E-state index contributed by atoms with van der Waals surface area (Å²) in [5.41, 5.74) is 3.00. The van der Waals surface area contributed by atoms with Crippen LogP contribution in [0.25, 0.3) is 11.0 Å². The standard InChI is InChI=1S/C22H22FN5O3/c1-29-17-6-13(7-18(30-2)20(17)31-3)9-25-19-5-4-14(21(23)28-19)8-15-10-26-22-16(15)11-24-12-27-22/h4-7,10-12H,8-9H2,1-3H3,(H,25,28)(H,24,26,27). The first-order valence-electron chi connectivity index (χ1n) is 9.57. The Morgan fingerprint density at radius 2 is 1.81 bits per heavy atom. The third-order valence-corrected chi connectivity index (χ3v) is 4.95. The van der Waals surface area contributed by atoms with Crippen LogP contribution in [0.4, 0.5) is 10.2 Å². The van der Waals surface area contributed by atoms with E-state index in [1.165, 1.54) is 6.33 Å². The first kappa shape index (κ1) is 20.4. The third-order valence-electron chi connectivity index (χ3n) is 4.95. The molecule has 0 radical (unpaired) electrons. The lowest BCUT2D eigenvalue weighted by molar-refractivity contribution is 0.324. The van der Waals surface area contributed by atoms with E-state index in [2.05, 4.69) is 25.3 Å². The summed E-state index contributed by atoms with van der Waals surface area (Å²) in [5, 5.41) is 4.00. The molecule has 0 unspecified atom stereocenters. The molecule has 0 aliphatic heterocycles. The molecule has 4 rings (SSSR count). The van der Waals surface area contributed by atoms with Crippen molar-refractivity contribution in [3.05, 3.63) is 65.6 Å². The summed E-state index contributed by atoms with van der Waals surface area (Å²) in [5.74, 6) is 1.52. The second-order valence-electron chi connectivity index (χ2n) is 6.81. The van der Waals surface area contributed by atoms with Crippen LogP contribution in [0.2, 0.25) is 0 Å². The number of benzene rings is 1. The zero-order valence-electron chi connectivity index (χ0n) is 17.4. The number of ether oxygens (including phenoxy) is 3. The van der Waals surface area contributed by atoms with Gasteiger partial charge in [-0.25, -0.2) is 15.0 Å². The molecule has 0 fully saturated rings. The second-order valence-corrected chi connectivity index (χ2v) is 6.81. The maximum atomic E-state index is 14.7. The lowest BCUT2D eigenvalue weighted by atomic mass is 10.1. The van der Waals surface area contributed by atoms with Gasteiger partial charge in [-0.05, 0) is 29.3 Å². The highest BCUT2D eigenvalue weighted by Gasteiger charge is 2.14. The average molecular weight is 423 g/mol. The largest absolute Gasteiger partial charge is 0.493 e. The molecule has 2 N–H and O–H groups in total. The quantitative estimate of drug-likeness (QED) is 0.417. The minimum absolute atomic E-state index is 0.388. The van der Waals surface area contributed by atoms with Crippen LogP contribution >= 0.6 is 0 Å². The number of H-pyrrole nitrogens is 1. The van der Waals surface area contributed by atoms with Crippen molar-refractivity contribution >= 4 is 16.9 Å². The number of hydrogen-bond acceptors (Lipinski definition) is 7. The van der Waals surface area contributed by atoms with Crippen molar-refractivity contribution in [1.82, 2.24) is 19.9 Å². The summed E-state index contributed by atoms with van der Waals surface area (Å²) in [4.78, 5) is 15.3. The SMILES string of the molecule is COc1cc(CNc2ccc(Cc3c[nH]c4ncncc34)c(F)n2)cc(OC)c1OC. The van der Waals surface area contributed by atoms with E-state index in [4.69, 9.17) is 14.2 Å².